The topological polar surface area (TPSA) is 26.0 Å². The molecule has 0 aromatic heterocycles. The van der Waals surface area contributed by atoms with Crippen LogP contribution < -0.4 is 5.73 Å². The molecular formula is C25H19N. The molecule has 2 unspecified atom stereocenters. The van der Waals surface area contributed by atoms with Gasteiger partial charge in [-0.3, -0.25) is 0 Å². The second-order valence-corrected chi connectivity index (χ2v) is 7.51. The van der Waals surface area contributed by atoms with Gasteiger partial charge in [0, 0.05) is 12.0 Å². The second-order valence-electron chi connectivity index (χ2n) is 7.51. The van der Waals surface area contributed by atoms with Crippen LogP contribution in [0.4, 0.5) is 0 Å². The first kappa shape index (κ1) is 14.3. The van der Waals surface area contributed by atoms with Gasteiger partial charge >= 0.3 is 0 Å². The van der Waals surface area contributed by atoms with Gasteiger partial charge in [0.1, 0.15) is 0 Å². The Hall–Kier alpha value is -2.90. The van der Waals surface area contributed by atoms with E-state index in [1.165, 1.54) is 39.0 Å². The van der Waals surface area contributed by atoms with Crippen LogP contribution in [0.2, 0.25) is 0 Å². The molecule has 1 heteroatoms. The van der Waals surface area contributed by atoms with Crippen LogP contribution in [0.25, 0.3) is 16.7 Å². The van der Waals surface area contributed by atoms with Crippen molar-refractivity contribution in [1.29, 1.82) is 0 Å². The summed E-state index contributed by atoms with van der Waals surface area (Å²) in [6, 6.07) is 26.6. The molecule has 3 aliphatic rings. The van der Waals surface area contributed by atoms with Crippen LogP contribution >= 0.6 is 0 Å². The van der Waals surface area contributed by atoms with E-state index in [9.17, 15) is 0 Å². The van der Waals surface area contributed by atoms with Gasteiger partial charge in [-0.2, -0.15) is 0 Å². The van der Waals surface area contributed by atoms with Gasteiger partial charge in [0.25, 0.3) is 0 Å². The lowest BCUT2D eigenvalue weighted by Crippen LogP contribution is -2.43. The summed E-state index contributed by atoms with van der Waals surface area (Å²) in [6.45, 7) is 0. The molecule has 0 heterocycles. The van der Waals surface area contributed by atoms with Gasteiger partial charge in [-0.05, 0) is 39.0 Å². The van der Waals surface area contributed by atoms with Crippen molar-refractivity contribution < 1.29 is 0 Å². The number of benzene rings is 3. The SMILES string of the molecule is NC1C=CC=C2c3ccccc3C3(c4ccccc4-c4ccccc43)C21. The quantitative estimate of drug-likeness (QED) is 0.621. The maximum absolute atomic E-state index is 6.74. The fourth-order valence-electron chi connectivity index (χ4n) is 5.63. The van der Waals surface area contributed by atoms with Crippen molar-refractivity contribution in [3.63, 3.8) is 0 Å². The highest BCUT2D eigenvalue weighted by atomic mass is 14.7. The summed E-state index contributed by atoms with van der Waals surface area (Å²) in [6.07, 6.45) is 6.55. The summed E-state index contributed by atoms with van der Waals surface area (Å²) >= 11 is 0. The van der Waals surface area contributed by atoms with Crippen molar-refractivity contribution in [2.45, 2.75) is 11.5 Å². The van der Waals surface area contributed by atoms with E-state index in [0.717, 1.165) is 0 Å². The van der Waals surface area contributed by atoms with E-state index < -0.39 is 0 Å². The lowest BCUT2D eigenvalue weighted by atomic mass is 9.64. The summed E-state index contributed by atoms with van der Waals surface area (Å²) in [7, 11) is 0. The first-order valence-electron chi connectivity index (χ1n) is 9.26. The lowest BCUT2D eigenvalue weighted by molar-refractivity contribution is 0.449. The Morgan fingerprint density at radius 3 is 1.77 bits per heavy atom. The third kappa shape index (κ3) is 1.47. The molecule has 1 nitrogen and oxygen atoms in total. The summed E-state index contributed by atoms with van der Waals surface area (Å²) in [4.78, 5) is 0. The fraction of sp³-hybridized carbons (Fsp3) is 0.120. The molecule has 2 atom stereocenters. The van der Waals surface area contributed by atoms with Crippen LogP contribution in [0, 0.1) is 5.92 Å². The molecule has 6 rings (SSSR count). The molecule has 0 amide bonds. The van der Waals surface area contributed by atoms with Gasteiger partial charge < -0.3 is 5.73 Å². The largest absolute Gasteiger partial charge is 0.324 e. The van der Waals surface area contributed by atoms with Crippen LogP contribution in [0.15, 0.2) is 91.0 Å². The molecule has 3 aromatic carbocycles. The zero-order valence-electron chi connectivity index (χ0n) is 14.4. The predicted octanol–water partition coefficient (Wildman–Crippen LogP) is 4.91. The van der Waals surface area contributed by atoms with Crippen LogP contribution in [-0.2, 0) is 5.41 Å². The highest BCUT2D eigenvalue weighted by Gasteiger charge is 2.57. The van der Waals surface area contributed by atoms with Crippen molar-refractivity contribution in [2.75, 3.05) is 0 Å². The minimum atomic E-state index is -0.195. The van der Waals surface area contributed by atoms with Crippen molar-refractivity contribution in [2.24, 2.45) is 11.7 Å². The van der Waals surface area contributed by atoms with Gasteiger partial charge in [-0.15, -0.1) is 0 Å². The molecule has 0 aliphatic heterocycles. The summed E-state index contributed by atoms with van der Waals surface area (Å²) in [5.41, 5.74) is 16.2. The van der Waals surface area contributed by atoms with Gasteiger partial charge in [0.15, 0.2) is 0 Å². The Kier molecular flexibility index (Phi) is 2.66. The number of allylic oxidation sites excluding steroid dienone is 2. The van der Waals surface area contributed by atoms with Crippen LogP contribution in [0.1, 0.15) is 22.3 Å². The Morgan fingerprint density at radius 1 is 0.654 bits per heavy atom. The number of hydrogen-bond donors (Lipinski definition) is 1. The van der Waals surface area contributed by atoms with E-state index in [0.29, 0.717) is 0 Å². The maximum atomic E-state index is 6.74. The molecule has 26 heavy (non-hydrogen) atoms. The zero-order chi connectivity index (χ0) is 17.3. The number of fused-ring (bicyclic) bond motifs is 10. The van der Waals surface area contributed by atoms with E-state index in [2.05, 4.69) is 91.0 Å². The Bertz CT molecular complexity index is 1070. The summed E-state index contributed by atoms with van der Waals surface area (Å²) in [5, 5.41) is 0. The third-order valence-corrected chi connectivity index (χ3v) is 6.45. The van der Waals surface area contributed by atoms with Gasteiger partial charge in [0.2, 0.25) is 0 Å². The minimum absolute atomic E-state index is 0.00149. The Morgan fingerprint density at radius 2 is 1.15 bits per heavy atom. The van der Waals surface area contributed by atoms with Crippen LogP contribution in [0.5, 0.6) is 0 Å². The third-order valence-electron chi connectivity index (χ3n) is 6.45. The molecule has 2 N–H and O–H groups in total. The predicted molar refractivity (Wildman–Crippen MR) is 107 cm³/mol. The maximum Gasteiger partial charge on any atom is 0.0556 e. The highest BCUT2D eigenvalue weighted by Crippen LogP contribution is 2.64. The minimum Gasteiger partial charge on any atom is -0.324 e. The normalized spacial score (nSPS) is 23.2. The molecule has 0 saturated heterocycles. The molecule has 3 aromatic rings. The molecule has 0 saturated carbocycles. The van der Waals surface area contributed by atoms with Gasteiger partial charge in [-0.1, -0.05) is 91.0 Å². The zero-order valence-corrected chi connectivity index (χ0v) is 14.4. The molecule has 0 bridgehead atoms. The van der Waals surface area contributed by atoms with E-state index in [-0.39, 0.29) is 17.4 Å². The first-order valence-corrected chi connectivity index (χ1v) is 9.26. The number of hydrogen-bond acceptors (Lipinski definition) is 1. The molecule has 0 radical (unpaired) electrons. The van der Waals surface area contributed by atoms with Gasteiger partial charge in [-0.25, -0.2) is 0 Å². The standard InChI is InChI=1S/C25H19N/c26-23-15-7-11-19-18-10-3-6-14-22(18)25(24(19)23)20-12-4-1-8-16(20)17-9-2-5-13-21(17)25/h1-15,23-24H,26H2. The van der Waals surface area contributed by atoms with Crippen molar-refractivity contribution >= 4 is 5.57 Å². The van der Waals surface area contributed by atoms with E-state index in [1.54, 1.807) is 0 Å². The molecule has 0 fully saturated rings. The smallest absolute Gasteiger partial charge is 0.0556 e. The lowest BCUT2D eigenvalue weighted by Gasteiger charge is -2.38. The Balaban J connectivity index is 1.82. The van der Waals surface area contributed by atoms with Crippen molar-refractivity contribution in [3.8, 4) is 11.1 Å². The van der Waals surface area contributed by atoms with Crippen molar-refractivity contribution in [1.82, 2.24) is 0 Å². The number of nitrogens with two attached hydrogens (primary N) is 1. The van der Waals surface area contributed by atoms with Gasteiger partial charge in [0.05, 0.1) is 5.41 Å². The molecular weight excluding hydrogens is 314 g/mol. The number of rotatable bonds is 0. The molecule has 124 valence electrons. The van der Waals surface area contributed by atoms with Crippen LogP contribution in [-0.4, -0.2) is 6.04 Å². The van der Waals surface area contributed by atoms with E-state index in [1.807, 2.05) is 0 Å². The van der Waals surface area contributed by atoms with Crippen LogP contribution in [0.3, 0.4) is 0 Å². The average molecular weight is 333 g/mol. The summed E-state index contributed by atoms with van der Waals surface area (Å²) < 4.78 is 0. The highest BCUT2D eigenvalue weighted by molar-refractivity contribution is 5.92. The summed E-state index contributed by atoms with van der Waals surface area (Å²) in [5.74, 6) is 0.231. The average Bonchev–Trinajstić information content (AvgIpc) is 3.16. The molecule has 3 aliphatic carbocycles. The second kappa shape index (κ2) is 4.84. The van der Waals surface area contributed by atoms with E-state index in [4.69, 9.17) is 5.73 Å². The van der Waals surface area contributed by atoms with Crippen molar-refractivity contribution in [3.05, 3.63) is 113 Å². The van der Waals surface area contributed by atoms with E-state index >= 15 is 0 Å². The molecule has 1 spiro atoms. The fourth-order valence-corrected chi connectivity index (χ4v) is 5.63. The monoisotopic (exact) mass is 333 g/mol. The first-order chi connectivity index (χ1) is 12.8. The Labute approximate surface area is 153 Å².